The molecule has 16 heavy (non-hydrogen) atoms. The zero-order chi connectivity index (χ0) is 12.1. The van der Waals surface area contributed by atoms with E-state index >= 15 is 0 Å². The third kappa shape index (κ3) is 4.40. The summed E-state index contributed by atoms with van der Waals surface area (Å²) < 4.78 is 0. The van der Waals surface area contributed by atoms with Gasteiger partial charge in [-0.3, -0.25) is 4.90 Å². The van der Waals surface area contributed by atoms with Gasteiger partial charge in [-0.2, -0.15) is 0 Å². The van der Waals surface area contributed by atoms with E-state index in [9.17, 15) is 5.11 Å². The van der Waals surface area contributed by atoms with E-state index in [0.717, 1.165) is 25.6 Å². The quantitative estimate of drug-likeness (QED) is 0.751. The number of nitrogens with zero attached hydrogens (tertiary/aromatic N) is 1. The van der Waals surface area contributed by atoms with Crippen molar-refractivity contribution < 1.29 is 5.11 Å². The molecule has 0 bridgehead atoms. The summed E-state index contributed by atoms with van der Waals surface area (Å²) in [6.45, 7) is 11.8. The van der Waals surface area contributed by atoms with Crippen molar-refractivity contribution in [2.24, 2.45) is 11.8 Å². The molecule has 0 aromatic heterocycles. The molecular formula is C13H28N2O. The number of rotatable bonds is 5. The average Bonchev–Trinajstić information content (AvgIpc) is 2.26. The molecule has 3 nitrogen and oxygen atoms in total. The van der Waals surface area contributed by atoms with Gasteiger partial charge in [0.15, 0.2) is 0 Å². The molecule has 0 saturated carbocycles. The van der Waals surface area contributed by atoms with Crippen LogP contribution in [0, 0.1) is 11.8 Å². The first-order valence-electron chi connectivity index (χ1n) is 6.66. The largest absolute Gasteiger partial charge is 0.378 e. The Kier molecular flexibility index (Phi) is 5.73. The summed E-state index contributed by atoms with van der Waals surface area (Å²) in [5, 5.41) is 13.5. The van der Waals surface area contributed by atoms with Gasteiger partial charge in [0, 0.05) is 19.1 Å². The van der Waals surface area contributed by atoms with E-state index in [1.807, 2.05) is 0 Å². The van der Waals surface area contributed by atoms with Crippen LogP contribution in [0.3, 0.4) is 0 Å². The Balaban J connectivity index is 2.23. The fourth-order valence-corrected chi connectivity index (χ4v) is 2.25. The highest BCUT2D eigenvalue weighted by atomic mass is 16.3. The Morgan fingerprint density at radius 1 is 1.19 bits per heavy atom. The van der Waals surface area contributed by atoms with Crippen LogP contribution in [-0.4, -0.2) is 41.9 Å². The molecule has 1 heterocycles. The van der Waals surface area contributed by atoms with Crippen LogP contribution in [0.4, 0.5) is 0 Å². The van der Waals surface area contributed by atoms with Crippen molar-refractivity contribution in [3.05, 3.63) is 0 Å². The average molecular weight is 228 g/mol. The van der Waals surface area contributed by atoms with E-state index in [-0.39, 0.29) is 6.23 Å². The van der Waals surface area contributed by atoms with Gasteiger partial charge in [0.1, 0.15) is 6.23 Å². The molecule has 1 aliphatic heterocycles. The van der Waals surface area contributed by atoms with Gasteiger partial charge in [-0.15, -0.1) is 0 Å². The maximum Gasteiger partial charge on any atom is 0.109 e. The minimum Gasteiger partial charge on any atom is -0.378 e. The molecule has 0 spiro atoms. The summed E-state index contributed by atoms with van der Waals surface area (Å²) in [4.78, 5) is 2.22. The molecule has 1 fully saturated rings. The molecule has 0 radical (unpaired) electrons. The molecule has 1 aliphatic rings. The third-order valence-corrected chi connectivity index (χ3v) is 3.43. The lowest BCUT2D eigenvalue weighted by Gasteiger charge is -2.36. The fraction of sp³-hybridized carbons (Fsp3) is 1.00. The third-order valence-electron chi connectivity index (χ3n) is 3.43. The molecule has 1 saturated heterocycles. The van der Waals surface area contributed by atoms with Crippen molar-refractivity contribution in [3.8, 4) is 0 Å². The summed E-state index contributed by atoms with van der Waals surface area (Å²) in [5.41, 5.74) is 0. The standard InChI is InChI=1S/C13H28N2O/c1-10(2)13(16)15-7-5-12(6-8-15)9-14-11(3)4/h10-14,16H,5-9H2,1-4H3. The lowest BCUT2D eigenvalue weighted by atomic mass is 9.95. The van der Waals surface area contributed by atoms with Gasteiger partial charge in [0.05, 0.1) is 0 Å². The van der Waals surface area contributed by atoms with Crippen molar-refractivity contribution in [2.75, 3.05) is 19.6 Å². The van der Waals surface area contributed by atoms with Crippen LogP contribution in [0.5, 0.6) is 0 Å². The first-order chi connectivity index (χ1) is 7.50. The van der Waals surface area contributed by atoms with Gasteiger partial charge in [0.25, 0.3) is 0 Å². The number of aliphatic hydroxyl groups excluding tert-OH is 1. The van der Waals surface area contributed by atoms with Crippen molar-refractivity contribution in [1.29, 1.82) is 0 Å². The molecule has 0 aliphatic carbocycles. The highest BCUT2D eigenvalue weighted by Crippen LogP contribution is 2.20. The van der Waals surface area contributed by atoms with Gasteiger partial charge in [-0.1, -0.05) is 27.7 Å². The van der Waals surface area contributed by atoms with E-state index in [4.69, 9.17) is 0 Å². The molecule has 3 heteroatoms. The van der Waals surface area contributed by atoms with Gasteiger partial charge < -0.3 is 10.4 Å². The first kappa shape index (κ1) is 13.9. The summed E-state index contributed by atoms with van der Waals surface area (Å²) in [5.74, 6) is 1.13. The number of hydrogen-bond donors (Lipinski definition) is 2. The number of hydrogen-bond acceptors (Lipinski definition) is 3. The molecule has 2 N–H and O–H groups in total. The van der Waals surface area contributed by atoms with Gasteiger partial charge in [-0.05, 0) is 31.2 Å². The van der Waals surface area contributed by atoms with Crippen LogP contribution in [0.2, 0.25) is 0 Å². The Morgan fingerprint density at radius 2 is 1.75 bits per heavy atom. The number of likely N-dealkylation sites (tertiary alicyclic amines) is 1. The van der Waals surface area contributed by atoms with Gasteiger partial charge in [0.2, 0.25) is 0 Å². The van der Waals surface area contributed by atoms with Gasteiger partial charge in [-0.25, -0.2) is 0 Å². The summed E-state index contributed by atoms with van der Waals surface area (Å²) in [7, 11) is 0. The summed E-state index contributed by atoms with van der Waals surface area (Å²) >= 11 is 0. The predicted octanol–water partition coefficient (Wildman–Crippen LogP) is 1.67. The lowest BCUT2D eigenvalue weighted by Crippen LogP contribution is -2.45. The van der Waals surface area contributed by atoms with E-state index in [0.29, 0.717) is 12.0 Å². The number of nitrogens with one attached hydrogen (secondary N) is 1. The molecule has 1 rings (SSSR count). The number of aliphatic hydroxyl groups is 1. The molecule has 96 valence electrons. The normalized spacial score (nSPS) is 21.9. The lowest BCUT2D eigenvalue weighted by molar-refractivity contribution is -0.0462. The van der Waals surface area contributed by atoms with E-state index in [1.165, 1.54) is 12.8 Å². The van der Waals surface area contributed by atoms with Crippen LogP contribution >= 0.6 is 0 Å². The Hall–Kier alpha value is -0.120. The van der Waals surface area contributed by atoms with Crippen LogP contribution in [0.25, 0.3) is 0 Å². The first-order valence-corrected chi connectivity index (χ1v) is 6.66. The van der Waals surface area contributed by atoms with Crippen LogP contribution in [0.15, 0.2) is 0 Å². The Bertz CT molecular complexity index is 186. The second-order valence-electron chi connectivity index (χ2n) is 5.70. The van der Waals surface area contributed by atoms with Crippen molar-refractivity contribution >= 4 is 0 Å². The van der Waals surface area contributed by atoms with Crippen LogP contribution < -0.4 is 5.32 Å². The van der Waals surface area contributed by atoms with Crippen LogP contribution in [0.1, 0.15) is 40.5 Å². The number of piperidine rings is 1. The molecule has 1 unspecified atom stereocenters. The second kappa shape index (κ2) is 6.58. The minimum atomic E-state index is -0.251. The zero-order valence-corrected chi connectivity index (χ0v) is 11.2. The maximum atomic E-state index is 9.97. The maximum absolute atomic E-state index is 9.97. The smallest absolute Gasteiger partial charge is 0.109 e. The SMILES string of the molecule is CC(C)NCC1CCN(C(O)C(C)C)CC1. The van der Waals surface area contributed by atoms with Crippen molar-refractivity contribution in [1.82, 2.24) is 10.2 Å². The highest BCUT2D eigenvalue weighted by Gasteiger charge is 2.25. The minimum absolute atomic E-state index is 0.251. The topological polar surface area (TPSA) is 35.5 Å². The molecule has 0 aromatic rings. The molecule has 0 aromatic carbocycles. The van der Waals surface area contributed by atoms with Crippen molar-refractivity contribution in [2.45, 2.75) is 52.8 Å². The predicted molar refractivity (Wildman–Crippen MR) is 68.3 cm³/mol. The highest BCUT2D eigenvalue weighted by molar-refractivity contribution is 4.76. The Labute approximate surface area is 100 Å². The summed E-state index contributed by atoms with van der Waals surface area (Å²) in [6.07, 6.45) is 2.17. The molecule has 0 amide bonds. The molecule has 1 atom stereocenters. The molecular weight excluding hydrogens is 200 g/mol. The van der Waals surface area contributed by atoms with E-state index in [2.05, 4.69) is 37.9 Å². The summed E-state index contributed by atoms with van der Waals surface area (Å²) in [6, 6.07) is 0.583. The monoisotopic (exact) mass is 228 g/mol. The van der Waals surface area contributed by atoms with E-state index in [1.54, 1.807) is 0 Å². The Morgan fingerprint density at radius 3 is 2.19 bits per heavy atom. The fourth-order valence-electron chi connectivity index (χ4n) is 2.25. The second-order valence-corrected chi connectivity index (χ2v) is 5.70. The van der Waals surface area contributed by atoms with E-state index < -0.39 is 0 Å². The van der Waals surface area contributed by atoms with Crippen molar-refractivity contribution in [3.63, 3.8) is 0 Å². The van der Waals surface area contributed by atoms with Crippen LogP contribution in [-0.2, 0) is 0 Å². The zero-order valence-electron chi connectivity index (χ0n) is 11.2. The van der Waals surface area contributed by atoms with Gasteiger partial charge >= 0.3 is 0 Å².